The third-order valence-corrected chi connectivity index (χ3v) is 2.13. The summed E-state index contributed by atoms with van der Waals surface area (Å²) in [6.45, 7) is 0.0603. The fourth-order valence-corrected chi connectivity index (χ4v) is 1.31. The summed E-state index contributed by atoms with van der Waals surface area (Å²) >= 11 is 0. The summed E-state index contributed by atoms with van der Waals surface area (Å²) in [6.07, 6.45) is -5.35. The highest BCUT2D eigenvalue weighted by atomic mass is 35.5. The normalized spacial score (nSPS) is 43.1. The molecule has 7 heteroatoms. The van der Waals surface area contributed by atoms with Crippen LogP contribution in [-0.2, 0) is 9.47 Å². The zero-order valence-corrected chi connectivity index (χ0v) is 8.55. The number of aliphatic hydroxyl groups is 3. The van der Waals surface area contributed by atoms with Crippen molar-refractivity contribution in [3.05, 3.63) is 0 Å². The van der Waals surface area contributed by atoms with Gasteiger partial charge in [0.25, 0.3) is 0 Å². The lowest BCUT2D eigenvalue weighted by Crippen LogP contribution is -2.59. The molecule has 14 heavy (non-hydrogen) atoms. The van der Waals surface area contributed by atoms with E-state index in [-0.39, 0.29) is 19.0 Å². The standard InChI is InChI=1S/C7H15NO5.ClH/c1-12-7-6(11)5(10)4(9)3(2-8)13-7;/h3-7,9-11H,2,8H2,1H3;1H. The van der Waals surface area contributed by atoms with E-state index in [0.717, 1.165) is 0 Å². The van der Waals surface area contributed by atoms with Crippen molar-refractivity contribution in [2.75, 3.05) is 13.7 Å². The van der Waals surface area contributed by atoms with Gasteiger partial charge in [0.05, 0.1) is 0 Å². The number of hydrogen-bond donors (Lipinski definition) is 4. The van der Waals surface area contributed by atoms with Gasteiger partial charge < -0.3 is 30.5 Å². The molecule has 1 aliphatic rings. The predicted octanol–water partition coefficient (Wildman–Crippen LogP) is -2.18. The van der Waals surface area contributed by atoms with Crippen LogP contribution in [0.2, 0.25) is 0 Å². The van der Waals surface area contributed by atoms with Gasteiger partial charge in [-0.25, -0.2) is 0 Å². The molecule has 5 unspecified atom stereocenters. The van der Waals surface area contributed by atoms with Crippen LogP contribution in [0.4, 0.5) is 0 Å². The van der Waals surface area contributed by atoms with Crippen molar-refractivity contribution in [2.45, 2.75) is 30.7 Å². The Morgan fingerprint density at radius 2 is 1.79 bits per heavy atom. The molecule has 6 nitrogen and oxygen atoms in total. The fraction of sp³-hybridized carbons (Fsp3) is 1.00. The van der Waals surface area contributed by atoms with Crippen LogP contribution in [0.25, 0.3) is 0 Å². The molecule has 0 aromatic carbocycles. The minimum atomic E-state index is -1.28. The van der Waals surface area contributed by atoms with Gasteiger partial charge in [-0.2, -0.15) is 0 Å². The molecule has 0 bridgehead atoms. The lowest BCUT2D eigenvalue weighted by molar-refractivity contribution is -0.287. The smallest absolute Gasteiger partial charge is 0.186 e. The first-order valence-corrected chi connectivity index (χ1v) is 4.04. The van der Waals surface area contributed by atoms with Crippen LogP contribution in [0, 0.1) is 0 Å². The highest BCUT2D eigenvalue weighted by molar-refractivity contribution is 5.85. The Morgan fingerprint density at radius 1 is 1.21 bits per heavy atom. The van der Waals surface area contributed by atoms with Crippen LogP contribution in [0.1, 0.15) is 0 Å². The first-order chi connectivity index (χ1) is 6.11. The molecule has 1 aliphatic heterocycles. The van der Waals surface area contributed by atoms with Crippen LogP contribution in [-0.4, -0.2) is 59.7 Å². The summed E-state index contributed by atoms with van der Waals surface area (Å²) in [6, 6.07) is 0. The van der Waals surface area contributed by atoms with Crippen molar-refractivity contribution < 1.29 is 24.8 Å². The van der Waals surface area contributed by atoms with Crippen molar-refractivity contribution in [2.24, 2.45) is 5.73 Å². The molecule has 0 saturated carbocycles. The molecule has 0 amide bonds. The van der Waals surface area contributed by atoms with E-state index in [0.29, 0.717) is 0 Å². The molecule has 0 spiro atoms. The summed E-state index contributed by atoms with van der Waals surface area (Å²) in [5.41, 5.74) is 5.28. The van der Waals surface area contributed by atoms with E-state index in [1.54, 1.807) is 0 Å². The second kappa shape index (κ2) is 5.82. The number of nitrogens with two attached hydrogens (primary N) is 1. The molecule has 0 aromatic rings. The summed E-state index contributed by atoms with van der Waals surface area (Å²) in [4.78, 5) is 0. The van der Waals surface area contributed by atoms with Gasteiger partial charge in [0.2, 0.25) is 0 Å². The topological polar surface area (TPSA) is 105 Å². The molecule has 1 fully saturated rings. The second-order valence-corrected chi connectivity index (χ2v) is 2.99. The minimum absolute atomic E-state index is 0. The van der Waals surface area contributed by atoms with Crippen molar-refractivity contribution in [1.29, 1.82) is 0 Å². The fourth-order valence-electron chi connectivity index (χ4n) is 1.31. The van der Waals surface area contributed by atoms with E-state index in [4.69, 9.17) is 15.2 Å². The monoisotopic (exact) mass is 229 g/mol. The minimum Gasteiger partial charge on any atom is -0.388 e. The van der Waals surface area contributed by atoms with Gasteiger partial charge in [0.1, 0.15) is 24.4 Å². The zero-order chi connectivity index (χ0) is 10.0. The first kappa shape index (κ1) is 14.1. The van der Waals surface area contributed by atoms with Crippen LogP contribution < -0.4 is 5.73 Å². The maximum Gasteiger partial charge on any atom is 0.186 e. The molecule has 1 rings (SSSR count). The van der Waals surface area contributed by atoms with Gasteiger partial charge in [-0.15, -0.1) is 12.4 Å². The molecule has 86 valence electrons. The summed E-state index contributed by atoms with van der Waals surface area (Å²) in [5, 5.41) is 28.0. The average Bonchev–Trinajstić information content (AvgIpc) is 2.15. The lowest BCUT2D eigenvalue weighted by atomic mass is 9.99. The van der Waals surface area contributed by atoms with Crippen molar-refractivity contribution in [3.63, 3.8) is 0 Å². The van der Waals surface area contributed by atoms with Crippen LogP contribution >= 0.6 is 12.4 Å². The summed E-state index contributed by atoms with van der Waals surface area (Å²) in [5.74, 6) is 0. The van der Waals surface area contributed by atoms with E-state index < -0.39 is 30.7 Å². The molecule has 5 atom stereocenters. The van der Waals surface area contributed by atoms with Crippen LogP contribution in [0.15, 0.2) is 0 Å². The number of aliphatic hydroxyl groups excluding tert-OH is 3. The maximum absolute atomic E-state index is 9.35. The van der Waals surface area contributed by atoms with E-state index in [9.17, 15) is 15.3 Å². The largest absolute Gasteiger partial charge is 0.388 e. The average molecular weight is 230 g/mol. The van der Waals surface area contributed by atoms with Gasteiger partial charge in [-0.05, 0) is 0 Å². The van der Waals surface area contributed by atoms with Gasteiger partial charge in [-0.3, -0.25) is 0 Å². The Balaban J connectivity index is 0.00000169. The predicted molar refractivity (Wildman–Crippen MR) is 50.0 cm³/mol. The highest BCUT2D eigenvalue weighted by Crippen LogP contribution is 2.20. The SMILES string of the molecule is COC1OC(CN)C(O)C(O)C1O.Cl. The Labute approximate surface area is 88.0 Å². The molecular formula is C7H16ClNO5. The molecule has 5 N–H and O–H groups in total. The summed E-state index contributed by atoms with van der Waals surface area (Å²) in [7, 11) is 1.34. The van der Waals surface area contributed by atoms with Crippen LogP contribution in [0.5, 0.6) is 0 Å². The molecule has 0 radical (unpaired) electrons. The maximum atomic E-state index is 9.35. The number of ether oxygens (including phenoxy) is 2. The Morgan fingerprint density at radius 3 is 2.21 bits per heavy atom. The molecule has 0 aliphatic carbocycles. The summed E-state index contributed by atoms with van der Waals surface area (Å²) < 4.78 is 9.83. The van der Waals surface area contributed by atoms with Crippen molar-refractivity contribution >= 4 is 12.4 Å². The van der Waals surface area contributed by atoms with E-state index >= 15 is 0 Å². The van der Waals surface area contributed by atoms with Gasteiger partial charge in [0.15, 0.2) is 6.29 Å². The zero-order valence-electron chi connectivity index (χ0n) is 7.74. The number of halogens is 1. The van der Waals surface area contributed by atoms with E-state index in [1.165, 1.54) is 7.11 Å². The molecule has 1 heterocycles. The Bertz CT molecular complexity index is 152. The number of hydrogen-bond acceptors (Lipinski definition) is 6. The second-order valence-electron chi connectivity index (χ2n) is 2.99. The van der Waals surface area contributed by atoms with Gasteiger partial charge in [0, 0.05) is 13.7 Å². The number of rotatable bonds is 2. The van der Waals surface area contributed by atoms with Gasteiger partial charge in [-0.1, -0.05) is 0 Å². The van der Waals surface area contributed by atoms with E-state index in [2.05, 4.69) is 0 Å². The van der Waals surface area contributed by atoms with Crippen molar-refractivity contribution in [3.8, 4) is 0 Å². The quantitative estimate of drug-likeness (QED) is 0.429. The Hall–Kier alpha value is 0.0500. The number of methoxy groups -OCH3 is 1. The molecular weight excluding hydrogens is 214 g/mol. The first-order valence-electron chi connectivity index (χ1n) is 4.04. The van der Waals surface area contributed by atoms with Gasteiger partial charge >= 0.3 is 0 Å². The molecule has 0 aromatic heterocycles. The lowest BCUT2D eigenvalue weighted by Gasteiger charge is -2.39. The van der Waals surface area contributed by atoms with Crippen LogP contribution in [0.3, 0.4) is 0 Å². The third kappa shape index (κ3) is 2.54. The Kier molecular flexibility index (Phi) is 5.84. The highest BCUT2D eigenvalue weighted by Gasteiger charge is 2.43. The third-order valence-electron chi connectivity index (χ3n) is 2.13. The van der Waals surface area contributed by atoms with Crippen molar-refractivity contribution in [1.82, 2.24) is 0 Å². The van der Waals surface area contributed by atoms with E-state index in [1.807, 2.05) is 0 Å². The molecule has 1 saturated heterocycles.